The number of benzene rings is 1. The molecular weight excluding hydrogens is 788 g/mol. The van der Waals surface area contributed by atoms with Crippen molar-refractivity contribution >= 4 is 35.6 Å². The first kappa shape index (κ1) is 48.1. The molecule has 324 valence electrons. The maximum atomic E-state index is 13.5. The van der Waals surface area contributed by atoms with E-state index < -0.39 is 41.4 Å². The number of rotatable bonds is 33. The van der Waals surface area contributed by atoms with Crippen LogP contribution in [-0.4, -0.2) is 152 Å². The number of thioether (sulfide) groups is 1. The van der Waals surface area contributed by atoms with Crippen LogP contribution in [0.3, 0.4) is 0 Å². The molecule has 57 heavy (non-hydrogen) atoms. The molecule has 21 heteroatoms. The van der Waals surface area contributed by atoms with Crippen LogP contribution in [0.5, 0.6) is 5.75 Å². The van der Waals surface area contributed by atoms with Gasteiger partial charge in [0.2, 0.25) is 29.2 Å². The van der Waals surface area contributed by atoms with E-state index in [0.29, 0.717) is 84.2 Å². The number of ether oxygens (including phenoxy) is 8. The van der Waals surface area contributed by atoms with E-state index in [-0.39, 0.29) is 75.5 Å². The highest BCUT2D eigenvalue weighted by Crippen LogP contribution is 2.33. The summed E-state index contributed by atoms with van der Waals surface area (Å²) in [7, 11) is 0. The van der Waals surface area contributed by atoms with E-state index >= 15 is 0 Å². The average molecular weight is 843 g/mol. The summed E-state index contributed by atoms with van der Waals surface area (Å²) >= 11 is 1.87. The van der Waals surface area contributed by atoms with Crippen molar-refractivity contribution in [2.75, 3.05) is 111 Å². The van der Waals surface area contributed by atoms with Crippen LogP contribution < -0.4 is 26.0 Å². The molecule has 3 atom stereocenters. The Bertz CT molecular complexity index is 1350. The summed E-state index contributed by atoms with van der Waals surface area (Å²) in [5.41, 5.74) is 0. The quantitative estimate of drug-likeness (QED) is 0.0201. The Morgan fingerprint density at radius 2 is 1.09 bits per heavy atom. The van der Waals surface area contributed by atoms with Gasteiger partial charge in [-0.15, -0.1) is 0 Å². The molecule has 2 fully saturated rings. The van der Waals surface area contributed by atoms with Crippen molar-refractivity contribution in [1.29, 1.82) is 0 Å². The number of hydrogen-bond acceptors (Lipinski definition) is 13. The van der Waals surface area contributed by atoms with Gasteiger partial charge in [0.25, 0.3) is 0 Å². The molecule has 4 amide bonds. The summed E-state index contributed by atoms with van der Waals surface area (Å²) in [5.74, 6) is -8.81. The number of esters is 1. The largest absolute Gasteiger partial charge is 0.420 e. The van der Waals surface area contributed by atoms with E-state index in [1.165, 1.54) is 0 Å². The molecule has 0 unspecified atom stereocenters. The minimum atomic E-state index is -1.80. The maximum Gasteiger partial charge on any atom is 0.315 e. The first-order valence-corrected chi connectivity index (χ1v) is 20.0. The molecule has 0 aromatic heterocycles. The zero-order valence-electron chi connectivity index (χ0n) is 31.9. The third-order valence-electron chi connectivity index (χ3n) is 8.29. The van der Waals surface area contributed by atoms with Crippen LogP contribution in [0.1, 0.15) is 38.5 Å². The van der Waals surface area contributed by atoms with Gasteiger partial charge in [-0.3, -0.25) is 14.4 Å². The number of urea groups is 1. The first-order chi connectivity index (χ1) is 27.7. The molecule has 0 aliphatic carbocycles. The highest BCUT2D eigenvalue weighted by atomic mass is 32.2. The van der Waals surface area contributed by atoms with E-state index in [0.717, 1.165) is 25.0 Å². The summed E-state index contributed by atoms with van der Waals surface area (Å²) < 4.78 is 95.4. The molecule has 0 spiro atoms. The van der Waals surface area contributed by atoms with E-state index in [4.69, 9.17) is 33.2 Å². The van der Waals surface area contributed by atoms with Gasteiger partial charge in [-0.05, 0) is 12.8 Å². The second kappa shape index (κ2) is 29.0. The highest BCUT2D eigenvalue weighted by Gasteiger charge is 2.42. The maximum absolute atomic E-state index is 13.5. The van der Waals surface area contributed by atoms with Crippen molar-refractivity contribution in [1.82, 2.24) is 21.3 Å². The van der Waals surface area contributed by atoms with E-state index in [2.05, 4.69) is 26.0 Å². The Morgan fingerprint density at radius 1 is 0.632 bits per heavy atom. The summed E-state index contributed by atoms with van der Waals surface area (Å²) in [4.78, 5) is 47.2. The zero-order valence-corrected chi connectivity index (χ0v) is 32.7. The van der Waals surface area contributed by atoms with Crippen molar-refractivity contribution in [3.63, 3.8) is 0 Å². The second-order valence-corrected chi connectivity index (χ2v) is 13.9. The van der Waals surface area contributed by atoms with Gasteiger partial charge in [0.1, 0.15) is 0 Å². The number of carbonyl (C=O) groups is 4. The minimum Gasteiger partial charge on any atom is -0.420 e. The van der Waals surface area contributed by atoms with Crippen molar-refractivity contribution < 1.29 is 74.6 Å². The van der Waals surface area contributed by atoms with E-state index in [1.54, 1.807) is 0 Å². The molecule has 0 bridgehead atoms. The number of hydrogen-bond donors (Lipinski definition) is 4. The van der Waals surface area contributed by atoms with Gasteiger partial charge in [0.15, 0.2) is 11.6 Å². The topological polar surface area (TPSA) is 190 Å². The van der Waals surface area contributed by atoms with Crippen LogP contribution in [0.2, 0.25) is 0 Å². The van der Waals surface area contributed by atoms with Crippen LogP contribution >= 0.6 is 11.8 Å². The molecule has 16 nitrogen and oxygen atoms in total. The van der Waals surface area contributed by atoms with Gasteiger partial charge >= 0.3 is 12.0 Å². The number of nitrogens with one attached hydrogen (secondary N) is 4. The smallest absolute Gasteiger partial charge is 0.315 e. The Kier molecular flexibility index (Phi) is 24.4. The lowest BCUT2D eigenvalue weighted by Gasteiger charge is -2.16. The molecule has 2 heterocycles. The predicted molar refractivity (Wildman–Crippen MR) is 197 cm³/mol. The molecule has 0 radical (unpaired) electrons. The lowest BCUT2D eigenvalue weighted by molar-refractivity contribution is -0.136. The number of fused-ring (bicyclic) bond motifs is 1. The SMILES string of the molecule is O=C(CCCC[C@@H]1SC[C@@H]2NC(=O)N[C@@H]21)NCCNC(=O)CCOCCOCCOCCOCCOCCOCCOCCC(=O)Oc1c(F)c(F)cc(F)c1F. The molecule has 4 N–H and O–H groups in total. The fourth-order valence-electron chi connectivity index (χ4n) is 5.40. The van der Waals surface area contributed by atoms with E-state index in [9.17, 15) is 36.7 Å². The molecule has 2 aliphatic heterocycles. The zero-order chi connectivity index (χ0) is 41.1. The lowest BCUT2D eigenvalue weighted by Crippen LogP contribution is -2.36. The van der Waals surface area contributed by atoms with Crippen LogP contribution in [0.25, 0.3) is 0 Å². The summed E-state index contributed by atoms with van der Waals surface area (Å²) in [6.45, 7) is 4.68. The second-order valence-electron chi connectivity index (χ2n) is 12.6. The predicted octanol–water partition coefficient (Wildman–Crippen LogP) is 2.00. The van der Waals surface area contributed by atoms with Gasteiger partial charge < -0.3 is 59.2 Å². The fraction of sp³-hybridized carbons (Fsp3) is 0.722. The van der Waals surface area contributed by atoms with Crippen molar-refractivity contribution in [2.45, 2.75) is 55.9 Å². The highest BCUT2D eigenvalue weighted by molar-refractivity contribution is 8.00. The summed E-state index contributed by atoms with van der Waals surface area (Å²) in [5, 5.41) is 11.9. The number of carbonyl (C=O) groups excluding carboxylic acids is 4. The third kappa shape index (κ3) is 20.3. The molecule has 3 rings (SSSR count). The summed E-state index contributed by atoms with van der Waals surface area (Å²) in [6, 6.07) is 0.312. The molecule has 2 saturated heterocycles. The van der Waals surface area contributed by atoms with Crippen molar-refractivity contribution in [3.05, 3.63) is 29.3 Å². The van der Waals surface area contributed by atoms with Crippen LogP contribution in [-0.2, 0) is 47.5 Å². The van der Waals surface area contributed by atoms with Gasteiger partial charge in [-0.1, -0.05) is 6.42 Å². The van der Waals surface area contributed by atoms with Gasteiger partial charge in [0.05, 0.1) is 111 Å². The number of amides is 4. The van der Waals surface area contributed by atoms with Gasteiger partial charge in [-0.2, -0.15) is 20.5 Å². The van der Waals surface area contributed by atoms with Gasteiger partial charge in [-0.25, -0.2) is 13.6 Å². The Balaban J connectivity index is 0.960. The van der Waals surface area contributed by atoms with Crippen molar-refractivity contribution in [2.24, 2.45) is 0 Å². The first-order valence-electron chi connectivity index (χ1n) is 19.0. The standard InChI is InChI=1S/C36H54F4N4O12S/c37-25-23-26(38)33(40)35(32(25)39)56-31(47)6-10-50-12-14-52-16-18-54-20-22-55-21-19-53-17-15-51-13-11-49-9-5-30(46)42-8-7-41-29(45)4-2-1-3-28-34-27(24-57-28)43-36(48)44-34/h23,27-28,34H,1-22,24H2,(H,41,45)(H,42,46)(H2,43,44,48)/t27-,28-,34-/m0/s1. The molecule has 2 aliphatic rings. The molecule has 1 aromatic carbocycles. The number of halogens is 4. The average Bonchev–Trinajstić information content (AvgIpc) is 3.75. The monoisotopic (exact) mass is 842 g/mol. The van der Waals surface area contributed by atoms with E-state index in [1.807, 2.05) is 11.8 Å². The normalized spacial score (nSPS) is 17.3. The van der Waals surface area contributed by atoms with Crippen LogP contribution in [0, 0.1) is 23.3 Å². The van der Waals surface area contributed by atoms with Crippen molar-refractivity contribution in [3.8, 4) is 5.75 Å². The number of unbranched alkanes of at least 4 members (excludes halogenated alkanes) is 1. The lowest BCUT2D eigenvalue weighted by atomic mass is 10.0. The molecular formula is C36H54F4N4O12S. The Hall–Kier alpha value is -3.31. The molecule has 0 saturated carbocycles. The Morgan fingerprint density at radius 3 is 1.60 bits per heavy atom. The fourth-order valence-corrected chi connectivity index (χ4v) is 6.95. The third-order valence-corrected chi connectivity index (χ3v) is 9.80. The van der Waals surface area contributed by atoms with Crippen LogP contribution in [0.4, 0.5) is 22.4 Å². The minimum absolute atomic E-state index is 0.0125. The summed E-state index contributed by atoms with van der Waals surface area (Å²) in [6.07, 6.45) is 2.90. The van der Waals surface area contributed by atoms with Crippen LogP contribution in [0.15, 0.2) is 6.07 Å². The van der Waals surface area contributed by atoms with Gasteiger partial charge in [0, 0.05) is 43.0 Å². The Labute approximate surface area is 333 Å². The molecule has 1 aromatic rings.